The van der Waals surface area contributed by atoms with Crippen molar-refractivity contribution in [1.82, 2.24) is 14.9 Å². The van der Waals surface area contributed by atoms with Crippen LogP contribution in [0.15, 0.2) is 169 Å². The molecular weight excluding hydrogens is 851 g/mol. The predicted molar refractivity (Wildman–Crippen MR) is 254 cm³/mol. The van der Waals surface area contributed by atoms with E-state index in [2.05, 4.69) is 49.4 Å². The first kappa shape index (κ1) is 45.0. The van der Waals surface area contributed by atoms with E-state index in [-0.39, 0.29) is 35.9 Å². The Labute approximate surface area is 386 Å². The molecule has 0 radical (unpaired) electrons. The Morgan fingerprint density at radius 2 is 1.42 bits per heavy atom. The molecule has 1 spiro atoms. The van der Waals surface area contributed by atoms with Gasteiger partial charge in [-0.25, -0.2) is 8.42 Å². The number of nitrogens with zero attached hydrogens (tertiary/aromatic N) is 2. The average Bonchev–Trinajstić information content (AvgIpc) is 3.66. The van der Waals surface area contributed by atoms with Gasteiger partial charge in [0, 0.05) is 42.5 Å². The zero-order valence-corrected chi connectivity index (χ0v) is 37.6. The minimum absolute atomic E-state index is 0.0592. The van der Waals surface area contributed by atoms with E-state index in [1.807, 2.05) is 116 Å². The molecule has 0 bridgehead atoms. The number of aliphatic hydroxyl groups excluding tert-OH is 1. The van der Waals surface area contributed by atoms with Crippen LogP contribution in [-0.2, 0) is 42.1 Å². The standard InChI is InChI=1S/C53H55N5O7S/c1-37-20-26-45(27-21-37)66(62,63)56-46(32-38-12-5-2-6-13-38)50(60)55-43-17-11-16-42(33-43)51-64-47(48(40-14-7-3-8-15-40)49(65-51)41-24-22-39(35-59)23-25-41)34-57-30-28-53(29-31-57)52(61)54-36-58(53)44-18-9-4-10-19-44/h2-27,33,46-49,51,56,59H,28-32,34-36H2,1H3,(H,54,61)(H,55,60)/t46-,47-,48-,49+,51?/m1/s1. The first-order valence-electron chi connectivity index (χ1n) is 22.5. The van der Waals surface area contributed by atoms with Gasteiger partial charge in [-0.05, 0) is 84.8 Å². The summed E-state index contributed by atoms with van der Waals surface area (Å²) in [5.41, 5.74) is 5.96. The van der Waals surface area contributed by atoms with Gasteiger partial charge >= 0.3 is 0 Å². The molecule has 66 heavy (non-hydrogen) atoms. The second-order valence-corrected chi connectivity index (χ2v) is 19.2. The lowest BCUT2D eigenvalue weighted by Gasteiger charge is -2.47. The molecule has 4 N–H and O–H groups in total. The van der Waals surface area contributed by atoms with E-state index in [1.54, 1.807) is 18.2 Å². The third-order valence-corrected chi connectivity index (χ3v) is 14.6. The number of likely N-dealkylation sites (tertiary alicyclic amines) is 1. The Bertz CT molecular complexity index is 2700. The fourth-order valence-corrected chi connectivity index (χ4v) is 10.8. The van der Waals surface area contributed by atoms with Crippen LogP contribution in [0.4, 0.5) is 11.4 Å². The van der Waals surface area contributed by atoms with Crippen molar-refractivity contribution in [3.63, 3.8) is 0 Å². The van der Waals surface area contributed by atoms with Gasteiger partial charge in [0.15, 0.2) is 6.29 Å². The van der Waals surface area contributed by atoms with Gasteiger partial charge in [-0.15, -0.1) is 0 Å². The van der Waals surface area contributed by atoms with Gasteiger partial charge in [-0.3, -0.25) is 9.59 Å². The van der Waals surface area contributed by atoms with Crippen molar-refractivity contribution in [2.45, 2.75) is 73.7 Å². The highest BCUT2D eigenvalue weighted by atomic mass is 32.2. The Hall–Kier alpha value is -6.19. The molecule has 12 nitrogen and oxygen atoms in total. The van der Waals surface area contributed by atoms with Crippen molar-refractivity contribution >= 4 is 33.2 Å². The van der Waals surface area contributed by atoms with Gasteiger partial charge in [0.1, 0.15) is 11.6 Å². The molecule has 3 aliphatic heterocycles. The van der Waals surface area contributed by atoms with Crippen molar-refractivity contribution in [2.24, 2.45) is 0 Å². The summed E-state index contributed by atoms with van der Waals surface area (Å²) in [6.45, 7) is 4.18. The summed E-state index contributed by atoms with van der Waals surface area (Å²) in [5, 5.41) is 16.0. The summed E-state index contributed by atoms with van der Waals surface area (Å²) in [7, 11) is -4.06. The number of ether oxygens (including phenoxy) is 2. The lowest BCUT2D eigenvalue weighted by molar-refractivity contribution is -0.264. The average molecular weight is 906 g/mol. The van der Waals surface area contributed by atoms with Gasteiger partial charge in [-0.1, -0.05) is 133 Å². The molecular formula is C53H55N5O7S. The normalized spacial score (nSPS) is 21.3. The fourth-order valence-electron chi connectivity index (χ4n) is 9.56. The third kappa shape index (κ3) is 9.82. The number of anilines is 2. The maximum absolute atomic E-state index is 14.2. The largest absolute Gasteiger partial charge is 0.392 e. The van der Waals surface area contributed by atoms with E-state index < -0.39 is 39.9 Å². The molecule has 5 atom stereocenters. The summed E-state index contributed by atoms with van der Waals surface area (Å²) in [6, 6.07) is 50.1. The number of benzene rings is 6. The molecule has 6 aromatic rings. The number of rotatable bonds is 14. The van der Waals surface area contributed by atoms with E-state index in [1.165, 1.54) is 12.1 Å². The number of piperidine rings is 1. The van der Waals surface area contributed by atoms with Crippen LogP contribution >= 0.6 is 0 Å². The molecule has 0 saturated carbocycles. The number of nitrogens with one attached hydrogen (secondary N) is 3. The molecule has 0 aliphatic carbocycles. The van der Waals surface area contributed by atoms with Crippen molar-refractivity contribution < 1.29 is 32.6 Å². The summed E-state index contributed by atoms with van der Waals surface area (Å²) >= 11 is 0. The van der Waals surface area contributed by atoms with Crippen LogP contribution in [0, 0.1) is 6.92 Å². The summed E-state index contributed by atoms with van der Waals surface area (Å²) < 4.78 is 44.0. The third-order valence-electron chi connectivity index (χ3n) is 13.2. The van der Waals surface area contributed by atoms with Gasteiger partial charge in [0.2, 0.25) is 21.8 Å². The number of hydrogen-bond acceptors (Lipinski definition) is 9. The smallest absolute Gasteiger partial charge is 0.247 e. The zero-order valence-electron chi connectivity index (χ0n) is 36.8. The second-order valence-electron chi connectivity index (χ2n) is 17.5. The summed E-state index contributed by atoms with van der Waals surface area (Å²) in [5.74, 6) is -0.702. The van der Waals surface area contributed by atoms with Gasteiger partial charge in [0.05, 0.1) is 30.4 Å². The van der Waals surface area contributed by atoms with Crippen molar-refractivity contribution in [1.29, 1.82) is 0 Å². The SMILES string of the molecule is Cc1ccc(S(=O)(=O)N[C@H](Cc2ccccc2)C(=O)Nc2cccc(C3O[C@H](CN4CCC5(CC4)C(=O)NCN5c4ccccc4)[C@@H](c4ccccc4)[C@H](c4ccc(CO)cc4)O3)c2)cc1. The van der Waals surface area contributed by atoms with Crippen LogP contribution in [0.25, 0.3) is 0 Å². The first-order chi connectivity index (χ1) is 32.1. The van der Waals surface area contributed by atoms with Gasteiger partial charge in [0.25, 0.3) is 0 Å². The summed E-state index contributed by atoms with van der Waals surface area (Å²) in [6.07, 6.45) is -0.292. The predicted octanol–water partition coefficient (Wildman–Crippen LogP) is 7.38. The Morgan fingerprint density at radius 1 is 0.773 bits per heavy atom. The quantitative estimate of drug-likeness (QED) is 0.0879. The number of carbonyl (C=O) groups is 2. The second kappa shape index (κ2) is 19.7. The molecule has 2 amide bonds. The minimum atomic E-state index is -4.06. The molecule has 1 unspecified atom stereocenters. The van der Waals surface area contributed by atoms with Crippen molar-refractivity contribution in [3.8, 4) is 0 Å². The number of amides is 2. The van der Waals surface area contributed by atoms with Crippen LogP contribution in [0.3, 0.4) is 0 Å². The monoisotopic (exact) mass is 905 g/mol. The lowest BCUT2D eigenvalue weighted by Crippen LogP contribution is -2.57. The number of carbonyl (C=O) groups excluding carboxylic acids is 2. The van der Waals surface area contributed by atoms with E-state index in [9.17, 15) is 23.1 Å². The highest BCUT2D eigenvalue weighted by molar-refractivity contribution is 7.89. The van der Waals surface area contributed by atoms with Crippen molar-refractivity contribution in [3.05, 3.63) is 197 Å². The molecule has 6 aromatic carbocycles. The molecule has 0 aromatic heterocycles. The van der Waals surface area contributed by atoms with E-state index in [4.69, 9.17) is 9.47 Å². The minimum Gasteiger partial charge on any atom is -0.392 e. The van der Waals surface area contributed by atoms with E-state index in [0.29, 0.717) is 50.4 Å². The highest BCUT2D eigenvalue weighted by Gasteiger charge is 2.51. The number of hydrogen-bond donors (Lipinski definition) is 4. The van der Waals surface area contributed by atoms with Crippen LogP contribution in [0.2, 0.25) is 0 Å². The zero-order chi connectivity index (χ0) is 45.7. The number of para-hydroxylation sites is 1. The Balaban J connectivity index is 0.998. The molecule has 13 heteroatoms. The molecule has 3 fully saturated rings. The maximum Gasteiger partial charge on any atom is 0.247 e. The fraction of sp³-hybridized carbons (Fsp3) is 0.283. The number of aryl methyl sites for hydroxylation is 1. The first-order valence-corrected chi connectivity index (χ1v) is 24.0. The molecule has 9 rings (SSSR count). The Morgan fingerprint density at radius 3 is 2.11 bits per heavy atom. The molecule has 3 heterocycles. The number of aliphatic hydroxyl groups is 1. The van der Waals surface area contributed by atoms with Crippen LogP contribution < -0.4 is 20.3 Å². The number of sulfonamides is 1. The van der Waals surface area contributed by atoms with Crippen LogP contribution in [0.1, 0.15) is 64.5 Å². The van der Waals surface area contributed by atoms with Crippen molar-refractivity contribution in [2.75, 3.05) is 36.5 Å². The van der Waals surface area contributed by atoms with Gasteiger partial charge < -0.3 is 35.0 Å². The lowest BCUT2D eigenvalue weighted by atomic mass is 9.82. The molecule has 3 aliphatic rings. The Kier molecular flexibility index (Phi) is 13.4. The van der Waals surface area contributed by atoms with E-state index >= 15 is 0 Å². The highest BCUT2D eigenvalue weighted by Crippen LogP contribution is 2.48. The molecule has 340 valence electrons. The van der Waals surface area contributed by atoms with Gasteiger partial charge in [-0.2, -0.15) is 4.72 Å². The van der Waals surface area contributed by atoms with Crippen LogP contribution in [0.5, 0.6) is 0 Å². The summed E-state index contributed by atoms with van der Waals surface area (Å²) in [4.78, 5) is 32.4. The molecule has 3 saturated heterocycles. The van der Waals surface area contributed by atoms with E-state index in [0.717, 1.165) is 33.5 Å². The van der Waals surface area contributed by atoms with Crippen LogP contribution in [-0.4, -0.2) is 74.2 Å². The maximum atomic E-state index is 14.2. The topological polar surface area (TPSA) is 150 Å².